The summed E-state index contributed by atoms with van der Waals surface area (Å²) in [4.78, 5) is 37.6. The molecule has 22 atom stereocenters. The minimum absolute atomic E-state index is 0. The van der Waals surface area contributed by atoms with Gasteiger partial charge in [-0.15, -0.1) is 89.3 Å². The van der Waals surface area contributed by atoms with Crippen molar-refractivity contribution >= 4 is 180 Å². The summed E-state index contributed by atoms with van der Waals surface area (Å²) < 4.78 is 51.6. The van der Waals surface area contributed by atoms with Gasteiger partial charge in [0, 0.05) is 23.0 Å². The Balaban J connectivity index is 0.000000385. The van der Waals surface area contributed by atoms with Crippen molar-refractivity contribution in [2.24, 2.45) is 11.8 Å². The van der Waals surface area contributed by atoms with E-state index in [1.54, 1.807) is 6.08 Å². The number of hydrogen-bond donors (Lipinski definition) is 0. The first-order valence-electron chi connectivity index (χ1n) is 30.8. The Morgan fingerprint density at radius 3 is 1.17 bits per heavy atom. The monoisotopic (exact) mass is 1650 g/mol. The van der Waals surface area contributed by atoms with Crippen LogP contribution in [0.1, 0.15) is 153 Å². The Kier molecular flexibility index (Phi) is 40.6. The molecule has 526 valence electrons. The maximum absolute atomic E-state index is 13.2. The van der Waals surface area contributed by atoms with E-state index in [4.69, 9.17) is 37.3 Å². The van der Waals surface area contributed by atoms with Crippen LogP contribution in [0.25, 0.3) is 0 Å². The molecule has 93 heavy (non-hydrogen) atoms. The number of cyclic esters (lactones) is 2. The largest absolute Gasteiger partial charge is 0.457 e. The third-order valence-electron chi connectivity index (χ3n) is 17.5. The van der Waals surface area contributed by atoms with Gasteiger partial charge in [-0.05, 0) is 163 Å². The second-order valence-electron chi connectivity index (χ2n) is 27.2. The topological polar surface area (TPSA) is 125 Å². The molecule has 11 nitrogen and oxygen atoms in total. The van der Waals surface area contributed by atoms with Crippen LogP contribution >= 0.6 is 145 Å². The predicted molar refractivity (Wildman–Crippen MR) is 458 cm³/mol. The lowest BCUT2D eigenvalue weighted by molar-refractivity contribution is -0.152. The van der Waals surface area contributed by atoms with Crippen LogP contribution in [-0.2, 0) is 51.7 Å². The van der Waals surface area contributed by atoms with Crippen molar-refractivity contribution in [1.82, 2.24) is 0 Å². The molecule has 2 aromatic rings. The van der Waals surface area contributed by atoms with Gasteiger partial charge in [-0.2, -0.15) is 0 Å². The Labute approximate surface area is 596 Å². The minimum Gasteiger partial charge on any atom is -0.457 e. The lowest BCUT2D eigenvalue weighted by Gasteiger charge is -2.43. The van der Waals surface area contributed by atoms with Crippen LogP contribution < -0.4 is 0 Å². The Hall–Kier alpha value is 3.68. The highest BCUT2D eigenvalue weighted by molar-refractivity contribution is 9.33. The lowest BCUT2D eigenvalue weighted by Crippen LogP contribution is -2.45. The van der Waals surface area contributed by atoms with Crippen LogP contribution in [0.5, 0.6) is 0 Å². The number of carbonyl (C=O) groups excluding carboxylic acids is 3. The van der Waals surface area contributed by atoms with E-state index in [1.807, 2.05) is 99.7 Å². The number of esters is 2. The normalized spacial score (nSPS) is 28.9. The molecule has 2 aromatic carbocycles. The van der Waals surface area contributed by atoms with Gasteiger partial charge in [0.05, 0.1) is 36.3 Å². The molecule has 4 aliphatic rings. The SMILES string of the molecule is C.C/C(=C\C=O)[C@H]1OC(=O)CC(O[Si](C)(C)C(C)(C)C)CC[C@@]2(C)O[C@@H](c3ccccc3)O[C@H]2/C=C/[C@@H]1C.C=C/C=C(\C)[C@H]1OC(=O)CC(O[Si](C)(C)C(C)(C)C)CC[C@@]2(C)O[C@@H](c3ccccc3)O[C@H]2/C=C/[C@@H]1C.PP(P)P(P(P)P)P(P(P)P)P(P(P)P)P(P)P. The van der Waals surface area contributed by atoms with Gasteiger partial charge in [-0.25, -0.2) is 0 Å². The fourth-order valence-electron chi connectivity index (χ4n) is 10.2. The molecule has 2 fully saturated rings. The molecule has 4 aliphatic heterocycles. The standard InChI is InChI=1S/C31H46O5Si.C30H44O6Si.CH4.H20P18/c1-10-14-22(2)28-23(3)17-18-26-31(7,35-29(33-26)24-15-12-11-13-16-24)20-19-25(21-27(32)34-28)36-37(8,9)30(4,5)6;1-21-14-15-25-30(6,35-28(33-25)23-12-10-9-11-13-23)18-16-24(36-37(7,8)29(3,4)5)20-26(32)34-27(21)22(2)17-19-31;;1-11(2)16(12(3)4)18(15(9)10)17(13(5)6)14(7)8/h10-18,23,25-26,28-29H,1,19-21H2,2-9H3;9-15,17,19,21,24-25,27-28H,16,18,20H2,1-8H3;1H4;1-10H2/b18-17+,22-14+;15-14+,22-17+;;/t23-,25?,26-,28+,29-,31+;21-,24?,25-,27-,28-,30+;;/m00../s1. The lowest BCUT2D eigenvalue weighted by atomic mass is 9.89. The van der Waals surface area contributed by atoms with Crippen LogP contribution in [0.3, 0.4) is 0 Å². The molecular weight excluding hydrogens is 1530 g/mol. The van der Waals surface area contributed by atoms with E-state index in [2.05, 4.69) is 197 Å². The molecule has 0 saturated carbocycles. The molecule has 2 saturated heterocycles. The maximum Gasteiger partial charge on any atom is 0.308 e. The van der Waals surface area contributed by atoms with Crippen molar-refractivity contribution in [2.45, 2.75) is 226 Å². The summed E-state index contributed by atoms with van der Waals surface area (Å²) in [5.41, 5.74) is 2.46. The van der Waals surface area contributed by atoms with E-state index in [9.17, 15) is 14.4 Å². The van der Waals surface area contributed by atoms with Crippen LogP contribution in [0.4, 0.5) is 0 Å². The van der Waals surface area contributed by atoms with Gasteiger partial charge < -0.3 is 37.3 Å². The molecule has 0 amide bonds. The number of fused-ring (bicyclic) bond motifs is 2. The fourth-order valence-corrected chi connectivity index (χ4v) is 222. The van der Waals surface area contributed by atoms with Gasteiger partial charge >= 0.3 is 11.9 Å². The molecule has 31 heteroatoms. The molecule has 0 aromatic heterocycles. The number of benzene rings is 2. The van der Waals surface area contributed by atoms with Crippen molar-refractivity contribution in [1.29, 1.82) is 0 Å². The average molecular weight is 1650 g/mol. The fraction of sp³-hybridized carbons (Fsp3) is 0.597. The predicted octanol–water partition coefficient (Wildman–Crippen LogP) is 25.1. The third kappa shape index (κ3) is 27.8. The van der Waals surface area contributed by atoms with E-state index >= 15 is 0 Å². The van der Waals surface area contributed by atoms with Gasteiger partial charge in [0.15, 0.2) is 29.2 Å². The summed E-state index contributed by atoms with van der Waals surface area (Å²) in [5.74, 6) is -0.773. The van der Waals surface area contributed by atoms with Gasteiger partial charge in [0.25, 0.3) is 0 Å². The second kappa shape index (κ2) is 41.6. The van der Waals surface area contributed by atoms with E-state index < -0.39 is 52.6 Å². The molecule has 0 spiro atoms. The van der Waals surface area contributed by atoms with Gasteiger partial charge in [0.2, 0.25) is 0 Å². The zero-order valence-electron chi connectivity index (χ0n) is 57.0. The summed E-state index contributed by atoms with van der Waals surface area (Å²) in [7, 11) is 27.0. The van der Waals surface area contributed by atoms with Gasteiger partial charge in [0.1, 0.15) is 30.7 Å². The van der Waals surface area contributed by atoms with Crippen molar-refractivity contribution in [3.8, 4) is 0 Å². The van der Waals surface area contributed by atoms with Gasteiger partial charge in [-0.3, -0.25) is 14.4 Å². The first-order chi connectivity index (χ1) is 42.6. The Morgan fingerprint density at radius 1 is 0.559 bits per heavy atom. The third-order valence-corrected chi connectivity index (χ3v) is 135. The number of hydrogen-bond acceptors (Lipinski definition) is 11. The van der Waals surface area contributed by atoms with Crippen molar-refractivity contribution in [3.63, 3.8) is 0 Å². The molecular formula is C62H114O11P18Si2. The maximum atomic E-state index is 13.2. The Morgan fingerprint density at radius 2 is 0.882 bits per heavy atom. The zero-order valence-corrected chi connectivity index (χ0v) is 77.7. The van der Waals surface area contributed by atoms with Crippen molar-refractivity contribution < 1.29 is 51.7 Å². The summed E-state index contributed by atoms with van der Waals surface area (Å²) >= 11 is 0. The van der Waals surface area contributed by atoms with E-state index in [0.29, 0.717) is 31.3 Å². The van der Waals surface area contributed by atoms with Crippen LogP contribution in [0.2, 0.25) is 36.3 Å². The summed E-state index contributed by atoms with van der Waals surface area (Å²) in [5, 5.41) is 0.0307. The highest BCUT2D eigenvalue weighted by atomic mass is 33.4. The average Bonchev–Trinajstić information content (AvgIpc) is 1.71. The second-order valence-corrected chi connectivity index (χ2v) is 107. The van der Waals surface area contributed by atoms with Crippen molar-refractivity contribution in [3.05, 3.63) is 132 Å². The van der Waals surface area contributed by atoms with E-state index in [0.717, 1.165) is 23.0 Å². The Bertz CT molecular complexity index is 2600. The van der Waals surface area contributed by atoms with E-state index in [-0.39, 0.29) is 134 Å². The number of rotatable bonds is 17. The first-order valence-corrected chi connectivity index (χ1v) is 68.5. The van der Waals surface area contributed by atoms with E-state index in [1.165, 1.54) is 6.08 Å². The molecule has 12 unspecified atom stereocenters. The summed E-state index contributed by atoms with van der Waals surface area (Å²) in [6.45, 7) is 38.6. The molecule has 0 radical (unpaired) electrons. The molecule has 0 N–H and O–H groups in total. The smallest absolute Gasteiger partial charge is 0.308 e. The number of aldehydes is 1. The number of allylic oxidation sites excluding steroid dienone is 3. The molecule has 0 aliphatic carbocycles. The highest BCUT2D eigenvalue weighted by Gasteiger charge is 2.50. The highest BCUT2D eigenvalue weighted by Crippen LogP contribution is 3.28. The zero-order chi connectivity index (χ0) is 69.5. The summed E-state index contributed by atoms with van der Waals surface area (Å²) in [6, 6.07) is 20.0. The first kappa shape index (κ1) is 90.9. The molecule has 6 rings (SSSR count). The molecule has 4 heterocycles. The van der Waals surface area contributed by atoms with Crippen LogP contribution in [-0.4, -0.2) is 82.7 Å². The van der Waals surface area contributed by atoms with Crippen LogP contribution in [0, 0.1) is 11.8 Å². The minimum atomic E-state index is -2.15. The summed E-state index contributed by atoms with van der Waals surface area (Å²) in [6.07, 6.45) is 14.1. The molecule has 0 bridgehead atoms. The number of carbonyl (C=O) groups is 3. The van der Waals surface area contributed by atoms with Gasteiger partial charge in [-0.1, -0.05) is 167 Å². The number of ether oxygens (including phenoxy) is 6. The van der Waals surface area contributed by atoms with Crippen LogP contribution in [0.15, 0.2) is 121 Å². The van der Waals surface area contributed by atoms with Crippen molar-refractivity contribution in [2.75, 3.05) is 0 Å². The quantitative estimate of drug-likeness (QED) is 0.0286.